The van der Waals surface area contributed by atoms with E-state index in [2.05, 4.69) is 35.9 Å². The van der Waals surface area contributed by atoms with E-state index in [0.29, 0.717) is 22.6 Å². The van der Waals surface area contributed by atoms with Gasteiger partial charge < -0.3 is 5.32 Å². The maximum Gasteiger partial charge on any atom is 0.196 e. The third-order valence-corrected chi connectivity index (χ3v) is 3.09. The Kier molecular flexibility index (Phi) is 3.94. The standard InChI is InChI=1S/C11H16ClN7/c1-5(2)9-14-8(12)6(3)10(15-9)13-7(4)11-16-18-19-17-11/h5,7H,1-4H3,(H,13,14,15)(H,16,17,18,19). The van der Waals surface area contributed by atoms with Gasteiger partial charge >= 0.3 is 0 Å². The first-order valence-electron chi connectivity index (χ1n) is 6.03. The fraction of sp³-hybridized carbons (Fsp3) is 0.545. The van der Waals surface area contributed by atoms with Crippen LogP contribution in [0.2, 0.25) is 5.15 Å². The Morgan fingerprint density at radius 3 is 2.47 bits per heavy atom. The molecule has 2 N–H and O–H groups in total. The highest BCUT2D eigenvalue weighted by Crippen LogP contribution is 2.25. The Bertz CT molecular complexity index is 552. The largest absolute Gasteiger partial charge is 0.360 e. The molecule has 1 atom stereocenters. The van der Waals surface area contributed by atoms with Crippen molar-refractivity contribution < 1.29 is 0 Å². The van der Waals surface area contributed by atoms with Gasteiger partial charge in [0.1, 0.15) is 16.8 Å². The van der Waals surface area contributed by atoms with Gasteiger partial charge in [0.2, 0.25) is 0 Å². The molecule has 0 amide bonds. The zero-order chi connectivity index (χ0) is 14.0. The highest BCUT2D eigenvalue weighted by atomic mass is 35.5. The number of hydrogen-bond donors (Lipinski definition) is 2. The van der Waals surface area contributed by atoms with Gasteiger partial charge in [0.25, 0.3) is 0 Å². The molecule has 0 saturated carbocycles. The lowest BCUT2D eigenvalue weighted by molar-refractivity contribution is 0.752. The van der Waals surface area contributed by atoms with Crippen molar-refractivity contribution >= 4 is 17.4 Å². The molecule has 19 heavy (non-hydrogen) atoms. The van der Waals surface area contributed by atoms with Crippen molar-refractivity contribution in [3.05, 3.63) is 22.4 Å². The molecule has 0 aliphatic heterocycles. The number of nitrogens with zero attached hydrogens (tertiary/aromatic N) is 5. The number of tetrazole rings is 1. The number of aromatic nitrogens is 6. The predicted molar refractivity (Wildman–Crippen MR) is 72.1 cm³/mol. The number of nitrogens with one attached hydrogen (secondary N) is 2. The lowest BCUT2D eigenvalue weighted by Gasteiger charge is -2.15. The van der Waals surface area contributed by atoms with E-state index in [9.17, 15) is 0 Å². The first-order chi connectivity index (χ1) is 8.99. The molecule has 0 fully saturated rings. The van der Waals surface area contributed by atoms with E-state index in [1.807, 2.05) is 27.7 Å². The zero-order valence-corrected chi connectivity index (χ0v) is 12.0. The van der Waals surface area contributed by atoms with Gasteiger partial charge in [-0.25, -0.2) is 9.97 Å². The van der Waals surface area contributed by atoms with Crippen molar-refractivity contribution in [3.63, 3.8) is 0 Å². The van der Waals surface area contributed by atoms with Crippen molar-refractivity contribution in [1.82, 2.24) is 30.6 Å². The van der Waals surface area contributed by atoms with Crippen molar-refractivity contribution in [3.8, 4) is 0 Å². The molecule has 2 heterocycles. The summed E-state index contributed by atoms with van der Waals surface area (Å²) in [5, 5.41) is 17.5. The number of aromatic amines is 1. The molecular weight excluding hydrogens is 266 g/mol. The molecule has 102 valence electrons. The van der Waals surface area contributed by atoms with E-state index < -0.39 is 0 Å². The second kappa shape index (κ2) is 5.48. The normalized spacial score (nSPS) is 12.7. The van der Waals surface area contributed by atoms with Crippen LogP contribution in [-0.2, 0) is 0 Å². The van der Waals surface area contributed by atoms with Gasteiger partial charge in [-0.3, -0.25) is 0 Å². The summed E-state index contributed by atoms with van der Waals surface area (Å²) in [6, 6.07) is -0.122. The Morgan fingerprint density at radius 1 is 1.16 bits per heavy atom. The highest BCUT2D eigenvalue weighted by Gasteiger charge is 2.16. The highest BCUT2D eigenvalue weighted by molar-refractivity contribution is 6.30. The monoisotopic (exact) mass is 281 g/mol. The summed E-state index contributed by atoms with van der Waals surface area (Å²) in [6.07, 6.45) is 0. The average Bonchev–Trinajstić information content (AvgIpc) is 2.88. The minimum absolute atomic E-state index is 0.122. The number of halogens is 1. The number of H-pyrrole nitrogens is 1. The quantitative estimate of drug-likeness (QED) is 0.835. The second-order valence-corrected chi connectivity index (χ2v) is 4.99. The molecule has 2 aromatic heterocycles. The van der Waals surface area contributed by atoms with Gasteiger partial charge in [0.05, 0.1) is 6.04 Å². The maximum absolute atomic E-state index is 6.13. The van der Waals surface area contributed by atoms with Crippen LogP contribution in [0.4, 0.5) is 5.82 Å². The van der Waals surface area contributed by atoms with E-state index in [0.717, 1.165) is 5.56 Å². The number of rotatable bonds is 4. The summed E-state index contributed by atoms with van der Waals surface area (Å²) in [5.41, 5.74) is 0.807. The third-order valence-electron chi connectivity index (χ3n) is 2.72. The third kappa shape index (κ3) is 2.98. The molecule has 2 aromatic rings. The first-order valence-corrected chi connectivity index (χ1v) is 6.40. The smallest absolute Gasteiger partial charge is 0.196 e. The molecule has 2 rings (SSSR count). The van der Waals surface area contributed by atoms with E-state index in [1.165, 1.54) is 0 Å². The molecular formula is C11H16ClN7. The summed E-state index contributed by atoms with van der Waals surface area (Å²) in [7, 11) is 0. The van der Waals surface area contributed by atoms with Gasteiger partial charge in [-0.15, -0.1) is 10.2 Å². The molecule has 0 aliphatic rings. The molecule has 7 nitrogen and oxygen atoms in total. The minimum Gasteiger partial charge on any atom is -0.360 e. The van der Waals surface area contributed by atoms with Crippen LogP contribution >= 0.6 is 11.6 Å². The fourth-order valence-electron chi connectivity index (χ4n) is 1.53. The van der Waals surface area contributed by atoms with E-state index in [1.54, 1.807) is 0 Å². The van der Waals surface area contributed by atoms with Gasteiger partial charge in [0, 0.05) is 11.5 Å². The maximum atomic E-state index is 6.13. The Labute approximate surface area is 116 Å². The summed E-state index contributed by atoms with van der Waals surface area (Å²) in [5.74, 6) is 2.18. The topological polar surface area (TPSA) is 92.3 Å². The lowest BCUT2D eigenvalue weighted by atomic mass is 10.2. The molecule has 1 unspecified atom stereocenters. The lowest BCUT2D eigenvalue weighted by Crippen LogP contribution is -2.13. The average molecular weight is 282 g/mol. The van der Waals surface area contributed by atoms with Gasteiger partial charge in [-0.2, -0.15) is 5.21 Å². The van der Waals surface area contributed by atoms with Gasteiger partial charge in [0.15, 0.2) is 5.82 Å². The van der Waals surface area contributed by atoms with Crippen molar-refractivity contribution in [2.24, 2.45) is 0 Å². The van der Waals surface area contributed by atoms with Crippen LogP contribution in [0.15, 0.2) is 0 Å². The van der Waals surface area contributed by atoms with Crippen molar-refractivity contribution in [2.45, 2.75) is 39.7 Å². The van der Waals surface area contributed by atoms with Crippen LogP contribution in [0.25, 0.3) is 0 Å². The number of anilines is 1. The van der Waals surface area contributed by atoms with Crippen LogP contribution < -0.4 is 5.32 Å². The summed E-state index contributed by atoms with van der Waals surface area (Å²) >= 11 is 6.13. The Balaban J connectivity index is 2.29. The molecule has 0 aliphatic carbocycles. The second-order valence-electron chi connectivity index (χ2n) is 4.64. The Hall–Kier alpha value is -1.76. The molecule has 0 spiro atoms. The van der Waals surface area contributed by atoms with Crippen LogP contribution in [-0.4, -0.2) is 30.6 Å². The van der Waals surface area contributed by atoms with E-state index >= 15 is 0 Å². The van der Waals surface area contributed by atoms with Crippen LogP contribution in [0, 0.1) is 6.92 Å². The minimum atomic E-state index is -0.122. The molecule has 8 heteroatoms. The van der Waals surface area contributed by atoms with E-state index in [-0.39, 0.29) is 12.0 Å². The summed E-state index contributed by atoms with van der Waals surface area (Å²) in [6.45, 7) is 7.84. The van der Waals surface area contributed by atoms with Crippen molar-refractivity contribution in [2.75, 3.05) is 5.32 Å². The zero-order valence-electron chi connectivity index (χ0n) is 11.3. The fourth-order valence-corrected chi connectivity index (χ4v) is 1.70. The Morgan fingerprint density at radius 2 is 1.89 bits per heavy atom. The molecule has 0 aromatic carbocycles. The van der Waals surface area contributed by atoms with Gasteiger partial charge in [-0.05, 0) is 13.8 Å². The van der Waals surface area contributed by atoms with Crippen LogP contribution in [0.1, 0.15) is 49.9 Å². The number of hydrogen-bond acceptors (Lipinski definition) is 6. The first kappa shape index (κ1) is 13.7. The molecule has 0 radical (unpaired) electrons. The van der Waals surface area contributed by atoms with E-state index in [4.69, 9.17) is 11.6 Å². The molecule has 0 bridgehead atoms. The summed E-state index contributed by atoms with van der Waals surface area (Å²) in [4.78, 5) is 8.76. The summed E-state index contributed by atoms with van der Waals surface area (Å²) < 4.78 is 0. The SMILES string of the molecule is Cc1c(Cl)nc(C(C)C)nc1NC(C)c1nn[nH]n1. The van der Waals surface area contributed by atoms with Gasteiger partial charge in [-0.1, -0.05) is 30.7 Å². The van der Waals surface area contributed by atoms with Crippen LogP contribution in [0.5, 0.6) is 0 Å². The van der Waals surface area contributed by atoms with Crippen LogP contribution in [0.3, 0.4) is 0 Å². The molecule has 0 saturated heterocycles. The van der Waals surface area contributed by atoms with Crippen molar-refractivity contribution in [1.29, 1.82) is 0 Å². The predicted octanol–water partition coefficient (Wildman–Crippen LogP) is 2.25.